The summed E-state index contributed by atoms with van der Waals surface area (Å²) in [6.45, 7) is 4.40. The average molecular weight is 232 g/mol. The van der Waals surface area contributed by atoms with Gasteiger partial charge < -0.3 is 15.0 Å². The predicted molar refractivity (Wildman–Crippen MR) is 69.8 cm³/mol. The lowest BCUT2D eigenvalue weighted by molar-refractivity contribution is 0.223. The summed E-state index contributed by atoms with van der Waals surface area (Å²) in [6.07, 6.45) is 4.08. The second-order valence-corrected chi connectivity index (χ2v) is 4.89. The Balaban J connectivity index is 1.77. The van der Waals surface area contributed by atoms with Crippen molar-refractivity contribution in [2.75, 3.05) is 31.1 Å². The average Bonchev–Trinajstić information content (AvgIpc) is 3.01. The first-order valence-electron chi connectivity index (χ1n) is 6.65. The Morgan fingerprint density at radius 3 is 2.76 bits per heavy atom. The maximum Gasteiger partial charge on any atom is 0.143 e. The summed E-state index contributed by atoms with van der Waals surface area (Å²) in [5, 5.41) is 3.34. The van der Waals surface area contributed by atoms with Gasteiger partial charge in [0.25, 0.3) is 0 Å². The quantitative estimate of drug-likeness (QED) is 0.863. The van der Waals surface area contributed by atoms with Crippen molar-refractivity contribution < 1.29 is 4.74 Å². The molecule has 3 rings (SSSR count). The molecule has 1 aromatic rings. The van der Waals surface area contributed by atoms with Gasteiger partial charge in [0.2, 0.25) is 0 Å². The number of ether oxygens (including phenoxy) is 1. The molecule has 1 atom stereocenters. The Morgan fingerprint density at radius 2 is 2.00 bits per heavy atom. The van der Waals surface area contributed by atoms with Gasteiger partial charge in [0.15, 0.2) is 0 Å². The number of nitrogens with one attached hydrogen (secondary N) is 1. The summed E-state index contributed by atoms with van der Waals surface area (Å²) in [5.41, 5.74) is 1.27. The lowest BCUT2D eigenvalue weighted by atomic mass is 10.2. The Kier molecular flexibility index (Phi) is 3.18. The topological polar surface area (TPSA) is 24.5 Å². The molecule has 92 valence electrons. The van der Waals surface area contributed by atoms with Gasteiger partial charge in [-0.3, -0.25) is 0 Å². The highest BCUT2D eigenvalue weighted by atomic mass is 16.5. The summed E-state index contributed by atoms with van der Waals surface area (Å²) < 4.78 is 6.11. The molecule has 1 unspecified atom stereocenters. The summed E-state index contributed by atoms with van der Waals surface area (Å²) in [4.78, 5) is 2.44. The Bertz CT molecular complexity index is 368. The van der Waals surface area contributed by atoms with Crippen LogP contribution in [-0.4, -0.2) is 32.3 Å². The van der Waals surface area contributed by atoms with Gasteiger partial charge in [-0.05, 0) is 37.9 Å². The highest BCUT2D eigenvalue weighted by Gasteiger charge is 2.20. The number of benzene rings is 1. The molecular formula is C14H20N2O. The van der Waals surface area contributed by atoms with Crippen LogP contribution in [0, 0.1) is 0 Å². The normalized spacial score (nSPS) is 24.2. The molecule has 0 amide bonds. The lowest BCUT2D eigenvalue weighted by Crippen LogP contribution is -2.23. The van der Waals surface area contributed by atoms with Crippen molar-refractivity contribution in [3.8, 4) is 5.75 Å². The molecule has 1 aromatic carbocycles. The SMILES string of the molecule is c1ccc(N2CCCC2)c(OC2CCNC2)c1. The molecule has 1 N–H and O–H groups in total. The highest BCUT2D eigenvalue weighted by molar-refractivity contribution is 5.59. The van der Waals surface area contributed by atoms with Crippen LogP contribution in [0.1, 0.15) is 19.3 Å². The van der Waals surface area contributed by atoms with Crippen molar-refractivity contribution in [1.82, 2.24) is 5.32 Å². The van der Waals surface area contributed by atoms with Gasteiger partial charge in [-0.1, -0.05) is 12.1 Å². The van der Waals surface area contributed by atoms with E-state index in [9.17, 15) is 0 Å². The number of rotatable bonds is 3. The van der Waals surface area contributed by atoms with E-state index < -0.39 is 0 Å². The molecule has 0 saturated carbocycles. The van der Waals surface area contributed by atoms with Crippen LogP contribution in [0.15, 0.2) is 24.3 Å². The van der Waals surface area contributed by atoms with Gasteiger partial charge in [0.1, 0.15) is 11.9 Å². The van der Waals surface area contributed by atoms with Crippen molar-refractivity contribution in [3.05, 3.63) is 24.3 Å². The first kappa shape index (κ1) is 10.9. The van der Waals surface area contributed by atoms with Crippen molar-refractivity contribution >= 4 is 5.69 Å². The largest absolute Gasteiger partial charge is 0.487 e. The zero-order chi connectivity index (χ0) is 11.5. The highest BCUT2D eigenvalue weighted by Crippen LogP contribution is 2.31. The molecule has 2 saturated heterocycles. The van der Waals surface area contributed by atoms with Crippen LogP contribution >= 0.6 is 0 Å². The van der Waals surface area contributed by atoms with E-state index in [0.717, 1.165) is 25.3 Å². The number of hydrogen-bond acceptors (Lipinski definition) is 3. The van der Waals surface area contributed by atoms with Crippen LogP contribution in [0.25, 0.3) is 0 Å². The molecule has 0 aliphatic carbocycles. The Labute approximate surface area is 103 Å². The molecule has 0 bridgehead atoms. The molecule has 3 heteroatoms. The molecule has 2 aliphatic rings. The van der Waals surface area contributed by atoms with Crippen molar-refractivity contribution in [2.45, 2.75) is 25.4 Å². The fraction of sp³-hybridized carbons (Fsp3) is 0.571. The van der Waals surface area contributed by atoms with Crippen LogP contribution in [0.3, 0.4) is 0 Å². The summed E-state index contributed by atoms with van der Waals surface area (Å²) in [5.74, 6) is 1.06. The fourth-order valence-electron chi connectivity index (χ4n) is 2.68. The molecular weight excluding hydrogens is 212 g/mol. The maximum atomic E-state index is 6.11. The molecule has 0 radical (unpaired) electrons. The molecule has 0 aromatic heterocycles. The zero-order valence-electron chi connectivity index (χ0n) is 10.2. The lowest BCUT2D eigenvalue weighted by Gasteiger charge is -2.23. The third-order valence-corrected chi connectivity index (χ3v) is 3.62. The van der Waals surface area contributed by atoms with Crippen LogP contribution in [0.5, 0.6) is 5.75 Å². The molecule has 2 heterocycles. The van der Waals surface area contributed by atoms with E-state index in [4.69, 9.17) is 4.74 Å². The minimum atomic E-state index is 0.346. The zero-order valence-corrected chi connectivity index (χ0v) is 10.2. The third-order valence-electron chi connectivity index (χ3n) is 3.62. The van der Waals surface area contributed by atoms with E-state index in [0.29, 0.717) is 6.10 Å². The number of nitrogens with zero attached hydrogens (tertiary/aromatic N) is 1. The predicted octanol–water partition coefficient (Wildman–Crippen LogP) is 2.03. The van der Waals surface area contributed by atoms with Crippen LogP contribution in [0.2, 0.25) is 0 Å². The number of anilines is 1. The van der Waals surface area contributed by atoms with Gasteiger partial charge >= 0.3 is 0 Å². The molecule has 2 fully saturated rings. The summed E-state index contributed by atoms with van der Waals surface area (Å²) in [6, 6.07) is 8.46. The molecule has 3 nitrogen and oxygen atoms in total. The first-order chi connectivity index (χ1) is 8.43. The van der Waals surface area contributed by atoms with E-state index in [-0.39, 0.29) is 0 Å². The first-order valence-corrected chi connectivity index (χ1v) is 6.65. The van der Waals surface area contributed by atoms with Gasteiger partial charge in [0.05, 0.1) is 5.69 Å². The van der Waals surface area contributed by atoms with E-state index in [1.807, 2.05) is 0 Å². The van der Waals surface area contributed by atoms with Gasteiger partial charge in [-0.25, -0.2) is 0 Å². The standard InChI is InChI=1S/C14H20N2O/c1-2-6-14(17-12-7-8-15-11-12)13(5-1)16-9-3-4-10-16/h1-2,5-6,12,15H,3-4,7-11H2. The second kappa shape index (κ2) is 4.96. The minimum absolute atomic E-state index is 0.346. The van der Waals surface area contributed by atoms with Crippen LogP contribution in [0.4, 0.5) is 5.69 Å². The molecule has 2 aliphatic heterocycles. The van der Waals surface area contributed by atoms with Crippen molar-refractivity contribution in [1.29, 1.82) is 0 Å². The number of hydrogen-bond donors (Lipinski definition) is 1. The van der Waals surface area contributed by atoms with Gasteiger partial charge in [-0.2, -0.15) is 0 Å². The van der Waals surface area contributed by atoms with Crippen LogP contribution in [-0.2, 0) is 0 Å². The van der Waals surface area contributed by atoms with Crippen molar-refractivity contribution in [3.63, 3.8) is 0 Å². The van der Waals surface area contributed by atoms with E-state index in [1.54, 1.807) is 0 Å². The molecule has 0 spiro atoms. The Morgan fingerprint density at radius 1 is 1.18 bits per heavy atom. The summed E-state index contributed by atoms with van der Waals surface area (Å²) >= 11 is 0. The fourth-order valence-corrected chi connectivity index (χ4v) is 2.68. The third kappa shape index (κ3) is 2.39. The van der Waals surface area contributed by atoms with E-state index >= 15 is 0 Å². The van der Waals surface area contributed by atoms with Gasteiger partial charge in [0, 0.05) is 19.6 Å². The minimum Gasteiger partial charge on any atom is -0.487 e. The monoisotopic (exact) mass is 232 g/mol. The maximum absolute atomic E-state index is 6.11. The van der Waals surface area contributed by atoms with E-state index in [2.05, 4.69) is 34.5 Å². The molecule has 17 heavy (non-hydrogen) atoms. The van der Waals surface area contributed by atoms with E-state index in [1.165, 1.54) is 31.6 Å². The Hall–Kier alpha value is -1.22. The smallest absolute Gasteiger partial charge is 0.143 e. The summed E-state index contributed by atoms with van der Waals surface area (Å²) in [7, 11) is 0. The van der Waals surface area contributed by atoms with Crippen molar-refractivity contribution in [2.24, 2.45) is 0 Å². The van der Waals surface area contributed by atoms with Gasteiger partial charge in [-0.15, -0.1) is 0 Å². The second-order valence-electron chi connectivity index (χ2n) is 4.89. The number of para-hydroxylation sites is 2. The van der Waals surface area contributed by atoms with Crippen LogP contribution < -0.4 is 15.0 Å².